The maximum Gasteiger partial charge on any atom is 0.160 e. The summed E-state index contributed by atoms with van der Waals surface area (Å²) in [4.78, 5) is 7.78. The van der Waals surface area contributed by atoms with Gasteiger partial charge in [0.15, 0.2) is 5.58 Å². The molecule has 10 aromatic rings. The Kier molecular flexibility index (Phi) is 7.81. The summed E-state index contributed by atoms with van der Waals surface area (Å²) in [5, 5.41) is 8.36. The van der Waals surface area contributed by atoms with Crippen LogP contribution in [0.15, 0.2) is 216 Å². The molecule has 57 heavy (non-hydrogen) atoms. The van der Waals surface area contributed by atoms with Gasteiger partial charge in [-0.25, -0.2) is 0 Å². The summed E-state index contributed by atoms with van der Waals surface area (Å²) in [6.45, 7) is 0. The highest BCUT2D eigenvalue weighted by atomic mass is 16.3. The Balaban J connectivity index is 1.21. The molecule has 1 N–H and O–H groups in total. The molecule has 0 amide bonds. The first-order valence-electron chi connectivity index (χ1n) is 19.3. The molecule has 0 aliphatic carbocycles. The molecule has 11 rings (SSSR count). The Morgan fingerprint density at radius 1 is 0.509 bits per heavy atom. The van der Waals surface area contributed by atoms with E-state index in [2.05, 4.69) is 209 Å². The van der Waals surface area contributed by atoms with Crippen molar-refractivity contribution < 1.29 is 4.42 Å². The molecule has 270 valence electrons. The lowest BCUT2D eigenvalue weighted by Crippen LogP contribution is -2.25. The molecule has 5 heteroatoms. The van der Waals surface area contributed by atoms with E-state index in [4.69, 9.17) is 9.41 Å². The fraction of sp³-hybridized carbons (Fsp3) is 0.0192. The van der Waals surface area contributed by atoms with Gasteiger partial charge in [0.2, 0.25) is 0 Å². The highest BCUT2D eigenvalue weighted by Crippen LogP contribution is 2.43. The fourth-order valence-electron chi connectivity index (χ4n) is 8.38. The number of aromatic nitrogens is 1. The largest absolute Gasteiger partial charge is 0.454 e. The number of aliphatic imine (C=N–C) groups is 1. The van der Waals surface area contributed by atoms with Crippen LogP contribution in [0.1, 0.15) is 22.9 Å². The van der Waals surface area contributed by atoms with Gasteiger partial charge in [-0.05, 0) is 77.9 Å². The van der Waals surface area contributed by atoms with E-state index >= 15 is 0 Å². The molecule has 8 aromatic carbocycles. The monoisotopic (exact) mass is 732 g/mol. The van der Waals surface area contributed by atoms with E-state index in [1.54, 1.807) is 0 Å². The normalized spacial score (nSPS) is 14.1. The molecule has 0 fully saturated rings. The predicted molar refractivity (Wildman–Crippen MR) is 236 cm³/mol. The maximum absolute atomic E-state index is 6.77. The van der Waals surface area contributed by atoms with Crippen molar-refractivity contribution in [2.45, 2.75) is 6.17 Å². The summed E-state index contributed by atoms with van der Waals surface area (Å²) in [7, 11) is 0. The van der Waals surface area contributed by atoms with Gasteiger partial charge in [-0.3, -0.25) is 4.99 Å². The number of fused-ring (bicyclic) bond motifs is 7. The van der Waals surface area contributed by atoms with Crippen molar-refractivity contribution in [1.29, 1.82) is 0 Å². The molecule has 0 bridgehead atoms. The number of para-hydroxylation sites is 4. The number of benzene rings is 8. The third-order valence-corrected chi connectivity index (χ3v) is 11.0. The summed E-state index contributed by atoms with van der Waals surface area (Å²) < 4.78 is 9.16. The molecule has 1 aliphatic rings. The van der Waals surface area contributed by atoms with Crippen molar-refractivity contribution in [2.24, 2.45) is 4.99 Å². The molecule has 5 nitrogen and oxygen atoms in total. The number of hydrogen-bond acceptors (Lipinski definition) is 4. The fourth-order valence-corrected chi connectivity index (χ4v) is 8.38. The minimum atomic E-state index is -0.396. The number of nitrogens with one attached hydrogen (secondary N) is 1. The SMILES string of the molecule is C1=C(c2ccccc2)NC(c2cc(N(c3ccccc3)c3ccccc3)cc(-n3c4ccccc4c4ccc5c6ccccc6oc5c43)c2)N=C1c1ccccc1. The van der Waals surface area contributed by atoms with Crippen LogP contribution >= 0.6 is 0 Å². The molecule has 0 saturated carbocycles. The third kappa shape index (κ3) is 5.68. The van der Waals surface area contributed by atoms with Gasteiger partial charge in [0.25, 0.3) is 0 Å². The number of allylic oxidation sites excluding steroid dienone is 1. The minimum Gasteiger partial charge on any atom is -0.454 e. The van der Waals surface area contributed by atoms with E-state index in [0.717, 1.165) is 89.2 Å². The average molecular weight is 733 g/mol. The second-order valence-corrected chi connectivity index (χ2v) is 14.4. The molecule has 0 spiro atoms. The van der Waals surface area contributed by atoms with E-state index in [1.165, 1.54) is 5.39 Å². The van der Waals surface area contributed by atoms with Crippen LogP contribution in [0.5, 0.6) is 0 Å². The molecule has 2 aromatic heterocycles. The van der Waals surface area contributed by atoms with Crippen LogP contribution in [0.3, 0.4) is 0 Å². The van der Waals surface area contributed by atoms with Gasteiger partial charge >= 0.3 is 0 Å². The first-order chi connectivity index (χ1) is 28.3. The summed E-state index contributed by atoms with van der Waals surface area (Å²) in [5.41, 5.74) is 13.2. The lowest BCUT2D eigenvalue weighted by atomic mass is 10.0. The number of nitrogens with zero attached hydrogens (tertiary/aromatic N) is 3. The zero-order valence-electron chi connectivity index (χ0n) is 31.0. The van der Waals surface area contributed by atoms with Crippen molar-refractivity contribution in [3.8, 4) is 5.69 Å². The zero-order valence-corrected chi connectivity index (χ0v) is 31.0. The molecule has 1 unspecified atom stereocenters. The molecule has 1 aliphatic heterocycles. The van der Waals surface area contributed by atoms with Gasteiger partial charge in [-0.15, -0.1) is 0 Å². The van der Waals surface area contributed by atoms with E-state index in [1.807, 2.05) is 12.1 Å². The van der Waals surface area contributed by atoms with Crippen LogP contribution in [0.25, 0.3) is 55.1 Å². The van der Waals surface area contributed by atoms with E-state index < -0.39 is 6.17 Å². The van der Waals surface area contributed by atoms with E-state index in [0.29, 0.717) is 0 Å². The van der Waals surface area contributed by atoms with Crippen LogP contribution in [-0.2, 0) is 0 Å². The van der Waals surface area contributed by atoms with Gasteiger partial charge in [0.1, 0.15) is 11.7 Å². The first-order valence-corrected chi connectivity index (χ1v) is 19.3. The Morgan fingerprint density at radius 3 is 1.82 bits per heavy atom. The number of anilines is 3. The quantitative estimate of drug-likeness (QED) is 0.177. The summed E-state index contributed by atoms with van der Waals surface area (Å²) in [6, 6.07) is 70.4. The Hall–Kier alpha value is -7.63. The van der Waals surface area contributed by atoms with Gasteiger partial charge in [0.05, 0.1) is 16.7 Å². The van der Waals surface area contributed by atoms with Gasteiger partial charge < -0.3 is 19.2 Å². The average Bonchev–Trinajstić information content (AvgIpc) is 3.84. The van der Waals surface area contributed by atoms with E-state index in [9.17, 15) is 0 Å². The number of furan rings is 1. The minimum absolute atomic E-state index is 0.396. The van der Waals surface area contributed by atoms with E-state index in [-0.39, 0.29) is 0 Å². The second kappa shape index (κ2) is 13.6. The molecule has 0 radical (unpaired) electrons. The van der Waals surface area contributed by atoms with Gasteiger partial charge in [-0.2, -0.15) is 0 Å². The van der Waals surface area contributed by atoms with Crippen molar-refractivity contribution in [1.82, 2.24) is 9.88 Å². The standard InChI is InChI=1S/C52H36N4O/c1-5-17-35(18-6-1)46-34-47(36-19-7-2-8-20-36)54-52(53-46)37-31-40(55(38-21-9-3-10-22-38)39-23-11-4-12-24-39)33-41(32-37)56-48-27-15-13-25-42(48)44-29-30-45-43-26-14-16-28-49(43)57-51(45)50(44)56/h1-34,52-53H. The van der Waals surface area contributed by atoms with Crippen molar-refractivity contribution >= 4 is 72.2 Å². The molecule has 1 atom stereocenters. The van der Waals surface area contributed by atoms with Crippen LogP contribution in [0, 0.1) is 0 Å². The van der Waals surface area contributed by atoms with Crippen LogP contribution < -0.4 is 10.2 Å². The summed E-state index contributed by atoms with van der Waals surface area (Å²) in [5.74, 6) is 0. The predicted octanol–water partition coefficient (Wildman–Crippen LogP) is 13.3. The second-order valence-electron chi connectivity index (χ2n) is 14.4. The van der Waals surface area contributed by atoms with Gasteiger partial charge in [-0.1, -0.05) is 140 Å². The van der Waals surface area contributed by atoms with Crippen LogP contribution in [0.2, 0.25) is 0 Å². The Morgan fingerprint density at radius 2 is 1.11 bits per heavy atom. The Labute approximate surface area is 330 Å². The zero-order chi connectivity index (χ0) is 37.7. The topological polar surface area (TPSA) is 45.7 Å². The van der Waals surface area contributed by atoms with Gasteiger partial charge in [0, 0.05) is 55.6 Å². The number of rotatable bonds is 7. The highest BCUT2D eigenvalue weighted by molar-refractivity contribution is 6.21. The lowest BCUT2D eigenvalue weighted by Gasteiger charge is -2.29. The molecule has 0 saturated heterocycles. The number of hydrogen-bond donors (Lipinski definition) is 1. The summed E-state index contributed by atoms with van der Waals surface area (Å²) in [6.07, 6.45) is 1.77. The molecular weight excluding hydrogens is 697 g/mol. The third-order valence-electron chi connectivity index (χ3n) is 11.0. The van der Waals surface area contributed by atoms with Crippen molar-refractivity contribution in [2.75, 3.05) is 4.90 Å². The Bertz CT molecular complexity index is 3110. The molecular formula is C52H36N4O. The summed E-state index contributed by atoms with van der Waals surface area (Å²) >= 11 is 0. The lowest BCUT2D eigenvalue weighted by molar-refractivity contribution is 0.663. The van der Waals surface area contributed by atoms with Crippen molar-refractivity contribution in [3.63, 3.8) is 0 Å². The highest BCUT2D eigenvalue weighted by Gasteiger charge is 2.25. The van der Waals surface area contributed by atoms with Crippen molar-refractivity contribution in [3.05, 3.63) is 223 Å². The van der Waals surface area contributed by atoms with Crippen LogP contribution in [0.4, 0.5) is 17.1 Å². The van der Waals surface area contributed by atoms with Crippen LogP contribution in [-0.4, -0.2) is 10.3 Å². The maximum atomic E-state index is 6.77. The smallest absolute Gasteiger partial charge is 0.160 e. The molecule has 3 heterocycles. The first kappa shape index (κ1) is 32.8.